The molecule has 0 radical (unpaired) electrons. The van der Waals surface area contributed by atoms with Crippen LogP contribution in [0, 0.1) is 0 Å². The predicted molar refractivity (Wildman–Crippen MR) is 54.2 cm³/mol. The van der Waals surface area contributed by atoms with Gasteiger partial charge in [-0.15, -0.1) is 0 Å². The number of ketones is 1. The van der Waals surface area contributed by atoms with Crippen LogP contribution in [-0.2, 0) is 4.79 Å². The maximum Gasteiger partial charge on any atom is 0.172 e. The largest absolute Gasteiger partial charge is 0.293 e. The zero-order valence-corrected chi connectivity index (χ0v) is 7.88. The summed E-state index contributed by atoms with van der Waals surface area (Å²) in [6.45, 7) is 1.44. The number of nitrogens with zero attached hydrogens (tertiary/aromatic N) is 1. The van der Waals surface area contributed by atoms with Crippen molar-refractivity contribution < 1.29 is 4.79 Å². The van der Waals surface area contributed by atoms with Crippen molar-refractivity contribution in [3.63, 3.8) is 0 Å². The fraction of sp³-hybridized carbons (Fsp3) is 0.111. The standard InChI is InChI=1S/C9H9ClN2O/c1-7(13)6-11-12-9-4-2-8(10)3-5-9/h2-6,12H,1H3/b11-6-. The van der Waals surface area contributed by atoms with Crippen molar-refractivity contribution in [3.8, 4) is 0 Å². The second-order valence-electron chi connectivity index (χ2n) is 2.49. The Kier molecular flexibility index (Phi) is 3.46. The summed E-state index contributed by atoms with van der Waals surface area (Å²) in [6, 6.07) is 7.04. The zero-order valence-electron chi connectivity index (χ0n) is 7.12. The average Bonchev–Trinajstić information content (AvgIpc) is 2.08. The number of benzene rings is 1. The Morgan fingerprint density at radius 2 is 2.08 bits per heavy atom. The van der Waals surface area contributed by atoms with Gasteiger partial charge in [0.05, 0.1) is 11.9 Å². The normalized spacial score (nSPS) is 10.3. The molecule has 0 amide bonds. The minimum Gasteiger partial charge on any atom is -0.293 e. The van der Waals surface area contributed by atoms with Gasteiger partial charge in [-0.1, -0.05) is 11.6 Å². The maximum absolute atomic E-state index is 10.5. The molecular formula is C9H9ClN2O. The number of carbonyl (C=O) groups excluding carboxylic acids is 1. The van der Waals surface area contributed by atoms with Gasteiger partial charge in [-0.05, 0) is 24.3 Å². The monoisotopic (exact) mass is 196 g/mol. The summed E-state index contributed by atoms with van der Waals surface area (Å²) in [5, 5.41) is 4.37. The first-order valence-corrected chi connectivity index (χ1v) is 4.11. The lowest BCUT2D eigenvalue weighted by atomic mass is 10.3. The topological polar surface area (TPSA) is 41.5 Å². The number of halogens is 1. The van der Waals surface area contributed by atoms with Gasteiger partial charge in [0.2, 0.25) is 0 Å². The number of rotatable bonds is 3. The predicted octanol–water partition coefficient (Wildman–Crippen LogP) is 2.33. The molecular weight excluding hydrogens is 188 g/mol. The van der Waals surface area contributed by atoms with Gasteiger partial charge >= 0.3 is 0 Å². The molecule has 0 fully saturated rings. The smallest absolute Gasteiger partial charge is 0.172 e. The molecule has 1 rings (SSSR count). The Morgan fingerprint density at radius 3 is 2.62 bits per heavy atom. The minimum atomic E-state index is -0.0959. The number of hydrogen-bond donors (Lipinski definition) is 1. The third-order valence-electron chi connectivity index (χ3n) is 1.28. The molecule has 0 unspecified atom stereocenters. The van der Waals surface area contributed by atoms with Gasteiger partial charge in [-0.2, -0.15) is 5.10 Å². The summed E-state index contributed by atoms with van der Waals surface area (Å²) < 4.78 is 0. The summed E-state index contributed by atoms with van der Waals surface area (Å²) in [5.41, 5.74) is 3.49. The van der Waals surface area contributed by atoms with E-state index in [0.717, 1.165) is 5.69 Å². The molecule has 0 saturated heterocycles. The molecule has 1 N–H and O–H groups in total. The first-order valence-electron chi connectivity index (χ1n) is 3.73. The Labute approximate surface area is 81.4 Å². The summed E-state index contributed by atoms with van der Waals surface area (Å²) in [4.78, 5) is 10.5. The van der Waals surface area contributed by atoms with E-state index in [1.54, 1.807) is 24.3 Å². The van der Waals surface area contributed by atoms with Crippen LogP contribution in [0.5, 0.6) is 0 Å². The fourth-order valence-corrected chi connectivity index (χ4v) is 0.848. The Hall–Kier alpha value is -1.35. The molecule has 0 spiro atoms. The minimum absolute atomic E-state index is 0.0959. The SMILES string of the molecule is CC(=O)/C=N\Nc1ccc(Cl)cc1. The molecule has 3 nitrogen and oxygen atoms in total. The van der Waals surface area contributed by atoms with Gasteiger partial charge in [0, 0.05) is 11.9 Å². The second-order valence-corrected chi connectivity index (χ2v) is 2.92. The van der Waals surface area contributed by atoms with Gasteiger partial charge in [0.25, 0.3) is 0 Å². The van der Waals surface area contributed by atoms with Crippen molar-refractivity contribution in [2.75, 3.05) is 5.43 Å². The fourth-order valence-electron chi connectivity index (χ4n) is 0.722. The zero-order chi connectivity index (χ0) is 9.68. The molecule has 13 heavy (non-hydrogen) atoms. The lowest BCUT2D eigenvalue weighted by Crippen LogP contribution is -1.95. The van der Waals surface area contributed by atoms with Crippen molar-refractivity contribution in [3.05, 3.63) is 29.3 Å². The molecule has 0 bridgehead atoms. The number of anilines is 1. The lowest BCUT2D eigenvalue weighted by molar-refractivity contribution is -0.110. The number of hydrazone groups is 1. The summed E-state index contributed by atoms with van der Waals surface area (Å²) in [7, 11) is 0. The lowest BCUT2D eigenvalue weighted by Gasteiger charge is -1.98. The molecule has 0 aliphatic heterocycles. The average molecular weight is 197 g/mol. The van der Waals surface area contributed by atoms with Crippen LogP contribution in [0.25, 0.3) is 0 Å². The van der Waals surface area contributed by atoms with E-state index >= 15 is 0 Å². The van der Waals surface area contributed by atoms with E-state index in [1.807, 2.05) is 0 Å². The van der Waals surface area contributed by atoms with Crippen LogP contribution in [0.1, 0.15) is 6.92 Å². The second kappa shape index (κ2) is 4.62. The van der Waals surface area contributed by atoms with E-state index in [1.165, 1.54) is 13.1 Å². The molecule has 0 heterocycles. The van der Waals surface area contributed by atoms with Gasteiger partial charge in [-0.3, -0.25) is 10.2 Å². The van der Waals surface area contributed by atoms with E-state index in [9.17, 15) is 4.79 Å². The van der Waals surface area contributed by atoms with Gasteiger partial charge in [-0.25, -0.2) is 0 Å². The molecule has 0 saturated carbocycles. The summed E-state index contributed by atoms with van der Waals surface area (Å²) in [5.74, 6) is -0.0959. The molecule has 0 aromatic heterocycles. The molecule has 1 aromatic carbocycles. The first-order chi connectivity index (χ1) is 6.18. The summed E-state index contributed by atoms with van der Waals surface area (Å²) in [6.07, 6.45) is 1.22. The van der Waals surface area contributed by atoms with Crippen LogP contribution in [0.15, 0.2) is 29.4 Å². The molecule has 4 heteroatoms. The highest BCUT2D eigenvalue weighted by molar-refractivity contribution is 6.30. The Morgan fingerprint density at radius 1 is 1.46 bits per heavy atom. The van der Waals surface area contributed by atoms with E-state index in [4.69, 9.17) is 11.6 Å². The van der Waals surface area contributed by atoms with E-state index in [0.29, 0.717) is 5.02 Å². The van der Waals surface area contributed by atoms with Gasteiger partial charge in [0.15, 0.2) is 5.78 Å². The third-order valence-corrected chi connectivity index (χ3v) is 1.54. The molecule has 1 aromatic rings. The summed E-state index contributed by atoms with van der Waals surface area (Å²) >= 11 is 5.68. The van der Waals surface area contributed by atoms with Crippen LogP contribution in [0.4, 0.5) is 5.69 Å². The highest BCUT2D eigenvalue weighted by Gasteiger charge is 1.89. The van der Waals surface area contributed by atoms with E-state index in [-0.39, 0.29) is 5.78 Å². The van der Waals surface area contributed by atoms with Crippen LogP contribution in [-0.4, -0.2) is 12.0 Å². The quantitative estimate of drug-likeness (QED) is 0.596. The first kappa shape index (κ1) is 9.74. The van der Waals surface area contributed by atoms with Crippen LogP contribution < -0.4 is 5.43 Å². The van der Waals surface area contributed by atoms with Crippen LogP contribution in [0.2, 0.25) is 5.02 Å². The van der Waals surface area contributed by atoms with Crippen molar-refractivity contribution >= 4 is 29.3 Å². The van der Waals surface area contributed by atoms with E-state index in [2.05, 4.69) is 10.5 Å². The molecule has 68 valence electrons. The van der Waals surface area contributed by atoms with Crippen molar-refractivity contribution in [1.29, 1.82) is 0 Å². The number of nitrogens with one attached hydrogen (secondary N) is 1. The molecule has 0 atom stereocenters. The van der Waals surface area contributed by atoms with E-state index < -0.39 is 0 Å². The maximum atomic E-state index is 10.5. The van der Waals surface area contributed by atoms with Crippen LogP contribution >= 0.6 is 11.6 Å². The van der Waals surface area contributed by atoms with Gasteiger partial charge in [0.1, 0.15) is 0 Å². The third kappa shape index (κ3) is 3.71. The number of carbonyl (C=O) groups is 1. The number of Topliss-reactive ketones (excluding diaryl/α,β-unsaturated/α-hetero) is 1. The van der Waals surface area contributed by atoms with Crippen LogP contribution in [0.3, 0.4) is 0 Å². The van der Waals surface area contributed by atoms with Gasteiger partial charge < -0.3 is 0 Å². The van der Waals surface area contributed by atoms with Crippen molar-refractivity contribution in [2.45, 2.75) is 6.92 Å². The highest BCUT2D eigenvalue weighted by Crippen LogP contribution is 2.12. The Bertz CT molecular complexity index is 319. The van der Waals surface area contributed by atoms with Crippen molar-refractivity contribution in [2.24, 2.45) is 5.10 Å². The highest BCUT2D eigenvalue weighted by atomic mass is 35.5. The molecule has 0 aliphatic rings. The number of hydrogen-bond acceptors (Lipinski definition) is 3. The van der Waals surface area contributed by atoms with Crippen molar-refractivity contribution in [1.82, 2.24) is 0 Å². The Balaban J connectivity index is 2.55. The molecule has 0 aliphatic carbocycles.